The van der Waals surface area contributed by atoms with Crippen LogP contribution in [0.1, 0.15) is 11.1 Å². The van der Waals surface area contributed by atoms with E-state index < -0.39 is 0 Å². The van der Waals surface area contributed by atoms with E-state index in [1.165, 1.54) is 11.8 Å². The van der Waals surface area contributed by atoms with E-state index >= 15 is 0 Å². The van der Waals surface area contributed by atoms with Crippen LogP contribution in [-0.4, -0.2) is 26.5 Å². The van der Waals surface area contributed by atoms with Gasteiger partial charge < -0.3 is 19.9 Å². The molecule has 0 aromatic heterocycles. The molecule has 2 aromatic carbocycles. The number of nitrogens with zero attached hydrogens (tertiary/aromatic N) is 1. The molecule has 0 saturated carbocycles. The summed E-state index contributed by atoms with van der Waals surface area (Å²) >= 11 is 1.47. The number of hydrogen-bond donors (Lipinski definition) is 1. The van der Waals surface area contributed by atoms with Crippen LogP contribution in [0.15, 0.2) is 41.4 Å². The summed E-state index contributed by atoms with van der Waals surface area (Å²) in [6.45, 7) is 2.03. The largest absolute Gasteiger partial charge is 0.494 e. The minimum absolute atomic E-state index is 0.480. The lowest BCUT2D eigenvalue weighted by Crippen LogP contribution is -2.07. The molecule has 0 heterocycles. The van der Waals surface area contributed by atoms with Gasteiger partial charge in [0.15, 0.2) is 16.7 Å². The van der Waals surface area contributed by atoms with E-state index in [1.807, 2.05) is 43.3 Å². The van der Waals surface area contributed by atoms with Crippen molar-refractivity contribution in [3.8, 4) is 17.2 Å². The maximum absolute atomic E-state index is 6.06. The Balaban J connectivity index is 2.14. The minimum Gasteiger partial charge on any atom is -0.494 e. The Morgan fingerprint density at radius 3 is 2.29 bits per heavy atom. The fraction of sp³-hybridized carbons (Fsp3) is 0.278. The zero-order chi connectivity index (χ0) is 17.5. The van der Waals surface area contributed by atoms with Crippen molar-refractivity contribution in [3.63, 3.8) is 0 Å². The van der Waals surface area contributed by atoms with E-state index in [4.69, 9.17) is 19.9 Å². The van der Waals surface area contributed by atoms with Crippen molar-refractivity contribution in [3.05, 3.63) is 47.5 Å². The Morgan fingerprint density at radius 1 is 1.00 bits per heavy atom. The van der Waals surface area contributed by atoms with Crippen LogP contribution >= 0.6 is 11.8 Å². The van der Waals surface area contributed by atoms with Gasteiger partial charge in [-0.25, -0.2) is 4.99 Å². The fourth-order valence-electron chi connectivity index (χ4n) is 2.20. The van der Waals surface area contributed by atoms with Crippen LogP contribution in [0, 0.1) is 6.92 Å². The fourth-order valence-corrected chi connectivity index (χ4v) is 2.98. The number of thioether (sulfide) groups is 1. The average molecular weight is 346 g/mol. The molecule has 2 N–H and O–H groups in total. The molecular weight excluding hydrogens is 324 g/mol. The predicted octanol–water partition coefficient (Wildman–Crippen LogP) is 3.90. The second-order valence-electron chi connectivity index (χ2n) is 5.04. The Hall–Kier alpha value is -2.34. The number of amidine groups is 1. The van der Waals surface area contributed by atoms with Gasteiger partial charge in [0.1, 0.15) is 11.4 Å². The first-order valence-electron chi connectivity index (χ1n) is 7.40. The van der Waals surface area contributed by atoms with Crippen molar-refractivity contribution in [1.29, 1.82) is 0 Å². The molecule has 5 nitrogen and oxygen atoms in total. The third-order valence-electron chi connectivity index (χ3n) is 3.53. The first-order chi connectivity index (χ1) is 11.6. The third kappa shape index (κ3) is 4.35. The maximum Gasteiger partial charge on any atom is 0.161 e. The standard InChI is InChI=1S/C18H22N2O3S/c1-12-9-16(22-3)17(23-4)10-13(12)11-24-18(19)20-14-7-5-6-8-15(14)21-2/h5-10H,11H2,1-4H3,(H2,19,20). The molecule has 24 heavy (non-hydrogen) atoms. The topological polar surface area (TPSA) is 66.1 Å². The Kier molecular flexibility index (Phi) is 6.37. The van der Waals surface area contributed by atoms with Crippen LogP contribution < -0.4 is 19.9 Å². The zero-order valence-corrected chi connectivity index (χ0v) is 15.1. The van der Waals surface area contributed by atoms with Gasteiger partial charge in [0.2, 0.25) is 0 Å². The van der Waals surface area contributed by atoms with Gasteiger partial charge in [-0.3, -0.25) is 0 Å². The number of nitrogens with two attached hydrogens (primary N) is 1. The second-order valence-corrected chi connectivity index (χ2v) is 6.04. The van der Waals surface area contributed by atoms with Crippen LogP contribution in [0.3, 0.4) is 0 Å². The second kappa shape index (κ2) is 8.49. The normalized spacial score (nSPS) is 11.2. The molecular formula is C18H22N2O3S. The van der Waals surface area contributed by atoms with E-state index in [2.05, 4.69) is 4.99 Å². The molecule has 2 rings (SSSR count). The molecule has 0 radical (unpaired) electrons. The summed E-state index contributed by atoms with van der Waals surface area (Å²) in [7, 11) is 4.87. The smallest absolute Gasteiger partial charge is 0.161 e. The molecule has 0 atom stereocenters. The van der Waals surface area contributed by atoms with Gasteiger partial charge in [-0.05, 0) is 42.3 Å². The molecule has 0 saturated heterocycles. The minimum atomic E-state index is 0.480. The molecule has 0 bridgehead atoms. The number of methoxy groups -OCH3 is 3. The number of ether oxygens (including phenoxy) is 3. The maximum atomic E-state index is 6.06. The number of benzene rings is 2. The van der Waals surface area contributed by atoms with E-state index in [0.29, 0.717) is 28.1 Å². The molecule has 0 unspecified atom stereocenters. The van der Waals surface area contributed by atoms with Gasteiger partial charge in [-0.15, -0.1) is 0 Å². The van der Waals surface area contributed by atoms with Crippen molar-refractivity contribution in [2.45, 2.75) is 12.7 Å². The van der Waals surface area contributed by atoms with Gasteiger partial charge >= 0.3 is 0 Å². The molecule has 2 aromatic rings. The summed E-state index contributed by atoms with van der Waals surface area (Å²) in [5.41, 5.74) is 9.01. The van der Waals surface area contributed by atoms with Crippen molar-refractivity contribution >= 4 is 22.6 Å². The van der Waals surface area contributed by atoms with Gasteiger partial charge in [0, 0.05) is 5.75 Å². The number of para-hydroxylation sites is 2. The Morgan fingerprint density at radius 2 is 1.62 bits per heavy atom. The highest BCUT2D eigenvalue weighted by atomic mass is 32.2. The van der Waals surface area contributed by atoms with E-state index in [9.17, 15) is 0 Å². The molecule has 128 valence electrons. The lowest BCUT2D eigenvalue weighted by Gasteiger charge is -2.12. The molecule has 6 heteroatoms. The number of aliphatic imine (C=N–C) groups is 1. The Labute approximate surface area is 146 Å². The highest BCUT2D eigenvalue weighted by Gasteiger charge is 2.09. The Bertz CT molecular complexity index is 732. The average Bonchev–Trinajstić information content (AvgIpc) is 2.60. The highest BCUT2D eigenvalue weighted by Crippen LogP contribution is 2.32. The van der Waals surface area contributed by atoms with Gasteiger partial charge in [-0.2, -0.15) is 0 Å². The van der Waals surface area contributed by atoms with E-state index in [1.54, 1.807) is 21.3 Å². The first-order valence-corrected chi connectivity index (χ1v) is 8.39. The molecule has 0 spiro atoms. The van der Waals surface area contributed by atoms with Crippen LogP contribution in [-0.2, 0) is 5.75 Å². The van der Waals surface area contributed by atoms with Crippen molar-refractivity contribution in [2.75, 3.05) is 21.3 Å². The molecule has 0 aliphatic heterocycles. The van der Waals surface area contributed by atoms with Gasteiger partial charge in [-0.1, -0.05) is 23.9 Å². The quantitative estimate of drug-likeness (QED) is 0.635. The van der Waals surface area contributed by atoms with Crippen LogP contribution in [0.2, 0.25) is 0 Å². The lowest BCUT2D eigenvalue weighted by molar-refractivity contribution is 0.354. The van der Waals surface area contributed by atoms with Gasteiger partial charge in [0.05, 0.1) is 21.3 Å². The summed E-state index contributed by atoms with van der Waals surface area (Å²) in [6, 6.07) is 11.5. The summed E-state index contributed by atoms with van der Waals surface area (Å²) in [4.78, 5) is 4.43. The summed E-state index contributed by atoms with van der Waals surface area (Å²) in [5, 5.41) is 0.480. The first kappa shape index (κ1) is 18.0. The zero-order valence-electron chi connectivity index (χ0n) is 14.3. The predicted molar refractivity (Wildman–Crippen MR) is 99.9 cm³/mol. The van der Waals surface area contributed by atoms with Gasteiger partial charge in [0.25, 0.3) is 0 Å². The van der Waals surface area contributed by atoms with Crippen molar-refractivity contribution in [1.82, 2.24) is 0 Å². The van der Waals surface area contributed by atoms with E-state index in [0.717, 1.165) is 16.9 Å². The molecule has 0 aliphatic carbocycles. The number of hydrogen-bond acceptors (Lipinski definition) is 5. The summed E-state index contributed by atoms with van der Waals surface area (Å²) in [6.07, 6.45) is 0. The van der Waals surface area contributed by atoms with Crippen LogP contribution in [0.25, 0.3) is 0 Å². The SMILES string of the molecule is COc1ccccc1N=C(N)SCc1cc(OC)c(OC)cc1C. The molecule has 0 aliphatic rings. The number of aryl methyl sites for hydroxylation is 1. The summed E-state index contributed by atoms with van der Waals surface area (Å²) < 4.78 is 15.9. The van der Waals surface area contributed by atoms with E-state index in [-0.39, 0.29) is 0 Å². The van der Waals surface area contributed by atoms with Crippen molar-refractivity contribution < 1.29 is 14.2 Å². The molecule has 0 amide bonds. The summed E-state index contributed by atoms with van der Waals surface area (Å²) in [5.74, 6) is 2.82. The molecule has 0 fully saturated rings. The van der Waals surface area contributed by atoms with Crippen molar-refractivity contribution in [2.24, 2.45) is 10.7 Å². The van der Waals surface area contributed by atoms with Crippen LogP contribution in [0.5, 0.6) is 17.2 Å². The highest BCUT2D eigenvalue weighted by molar-refractivity contribution is 8.13. The lowest BCUT2D eigenvalue weighted by atomic mass is 10.1. The van der Waals surface area contributed by atoms with Crippen LogP contribution in [0.4, 0.5) is 5.69 Å². The monoisotopic (exact) mass is 346 g/mol. The number of rotatable bonds is 6. The third-order valence-corrected chi connectivity index (χ3v) is 4.38.